The number of rotatable bonds is 4. The molecule has 0 radical (unpaired) electrons. The van der Waals surface area contributed by atoms with Gasteiger partial charge in [0.2, 0.25) is 5.91 Å². The quantitative estimate of drug-likeness (QED) is 0.676. The van der Waals surface area contributed by atoms with Crippen molar-refractivity contribution in [3.05, 3.63) is 28.2 Å². The van der Waals surface area contributed by atoms with Crippen LogP contribution in [0, 0.1) is 5.92 Å². The number of hydrogen-bond donors (Lipinski definition) is 0. The van der Waals surface area contributed by atoms with Gasteiger partial charge in [0.05, 0.1) is 16.1 Å². The SMILES string of the molecule is CC(C)C(=O)N(c1ccc(Cl)c(Cl)c1)C1CCCCCC1N(C)C. The molecule has 2 atom stereocenters. The van der Waals surface area contributed by atoms with Gasteiger partial charge in [0.1, 0.15) is 0 Å². The molecule has 134 valence electrons. The topological polar surface area (TPSA) is 23.6 Å². The predicted octanol–water partition coefficient (Wildman–Crippen LogP) is 5.25. The van der Waals surface area contributed by atoms with Crippen LogP contribution >= 0.6 is 23.2 Å². The molecule has 1 amide bonds. The summed E-state index contributed by atoms with van der Waals surface area (Å²) in [6, 6.07) is 6.02. The van der Waals surface area contributed by atoms with E-state index in [4.69, 9.17) is 23.2 Å². The molecule has 1 aromatic carbocycles. The lowest BCUT2D eigenvalue weighted by Gasteiger charge is -2.40. The zero-order chi connectivity index (χ0) is 17.9. The molecule has 2 rings (SSSR count). The third kappa shape index (κ3) is 4.44. The van der Waals surface area contributed by atoms with Gasteiger partial charge in [0, 0.05) is 17.6 Å². The Labute approximate surface area is 155 Å². The first-order chi connectivity index (χ1) is 11.3. The number of benzene rings is 1. The summed E-state index contributed by atoms with van der Waals surface area (Å²) in [6.45, 7) is 3.91. The molecule has 1 aliphatic carbocycles. The van der Waals surface area contributed by atoms with E-state index in [-0.39, 0.29) is 17.9 Å². The third-order valence-corrected chi connectivity index (χ3v) is 5.59. The Kier molecular flexibility index (Phi) is 6.97. The molecule has 1 saturated carbocycles. The summed E-state index contributed by atoms with van der Waals surface area (Å²) in [5.74, 6) is 0.0812. The van der Waals surface area contributed by atoms with Crippen molar-refractivity contribution in [1.82, 2.24) is 4.90 Å². The van der Waals surface area contributed by atoms with Crippen LogP contribution in [-0.4, -0.2) is 37.0 Å². The normalized spacial score (nSPS) is 21.8. The molecule has 3 nitrogen and oxygen atoms in total. The van der Waals surface area contributed by atoms with Crippen molar-refractivity contribution in [3.63, 3.8) is 0 Å². The van der Waals surface area contributed by atoms with Crippen LogP contribution in [0.25, 0.3) is 0 Å². The van der Waals surface area contributed by atoms with Crippen molar-refractivity contribution in [2.24, 2.45) is 5.92 Å². The van der Waals surface area contributed by atoms with Gasteiger partial charge in [-0.25, -0.2) is 0 Å². The van der Waals surface area contributed by atoms with Crippen LogP contribution in [-0.2, 0) is 4.79 Å². The van der Waals surface area contributed by atoms with Crippen molar-refractivity contribution in [2.75, 3.05) is 19.0 Å². The van der Waals surface area contributed by atoms with E-state index in [0.29, 0.717) is 16.1 Å². The number of halogens is 2. The zero-order valence-electron chi connectivity index (χ0n) is 15.1. The molecule has 0 aliphatic heterocycles. The summed E-state index contributed by atoms with van der Waals surface area (Å²) in [7, 11) is 4.21. The number of nitrogens with zero attached hydrogens (tertiary/aromatic N) is 2. The Bertz CT molecular complexity index is 574. The lowest BCUT2D eigenvalue weighted by molar-refractivity contribution is -0.122. The second-order valence-corrected chi connectivity index (χ2v) is 8.01. The van der Waals surface area contributed by atoms with E-state index >= 15 is 0 Å². The molecule has 0 spiro atoms. The van der Waals surface area contributed by atoms with Gasteiger partial charge in [-0.3, -0.25) is 4.79 Å². The summed E-state index contributed by atoms with van der Waals surface area (Å²) in [4.78, 5) is 17.3. The van der Waals surface area contributed by atoms with Crippen molar-refractivity contribution in [1.29, 1.82) is 0 Å². The maximum atomic E-state index is 13.1. The second-order valence-electron chi connectivity index (χ2n) is 7.20. The molecule has 1 aromatic rings. The minimum absolute atomic E-state index is 0.0643. The van der Waals surface area contributed by atoms with E-state index in [0.717, 1.165) is 24.9 Å². The average Bonchev–Trinajstić information content (AvgIpc) is 2.77. The van der Waals surface area contributed by atoms with Crippen LogP contribution in [0.1, 0.15) is 46.0 Å². The van der Waals surface area contributed by atoms with E-state index in [1.54, 1.807) is 6.07 Å². The van der Waals surface area contributed by atoms with Gasteiger partial charge >= 0.3 is 0 Å². The monoisotopic (exact) mass is 370 g/mol. The molecule has 0 aromatic heterocycles. The van der Waals surface area contributed by atoms with Gasteiger partial charge in [0.25, 0.3) is 0 Å². The highest BCUT2D eigenvalue weighted by molar-refractivity contribution is 6.42. The van der Waals surface area contributed by atoms with Gasteiger partial charge in [-0.15, -0.1) is 0 Å². The Morgan fingerprint density at radius 3 is 2.21 bits per heavy atom. The second kappa shape index (κ2) is 8.55. The fraction of sp³-hybridized carbons (Fsp3) is 0.632. The first-order valence-electron chi connectivity index (χ1n) is 8.77. The van der Waals surface area contributed by atoms with E-state index in [9.17, 15) is 4.79 Å². The summed E-state index contributed by atoms with van der Waals surface area (Å²) in [5, 5.41) is 1.01. The molecule has 1 fully saturated rings. The Morgan fingerprint density at radius 2 is 1.67 bits per heavy atom. The zero-order valence-corrected chi connectivity index (χ0v) is 16.6. The largest absolute Gasteiger partial charge is 0.308 e. The maximum Gasteiger partial charge on any atom is 0.229 e. The van der Waals surface area contributed by atoms with Gasteiger partial charge in [-0.05, 0) is 45.1 Å². The summed E-state index contributed by atoms with van der Waals surface area (Å²) in [6.07, 6.45) is 5.72. The molecule has 0 heterocycles. The number of anilines is 1. The average molecular weight is 371 g/mol. The summed E-state index contributed by atoms with van der Waals surface area (Å²) >= 11 is 12.3. The lowest BCUT2D eigenvalue weighted by atomic mass is 9.97. The van der Waals surface area contributed by atoms with Gasteiger partial charge in [0.15, 0.2) is 0 Å². The molecule has 0 saturated heterocycles. The lowest BCUT2D eigenvalue weighted by Crippen LogP contribution is -2.52. The molecular weight excluding hydrogens is 343 g/mol. The van der Waals surface area contributed by atoms with E-state index in [1.165, 1.54) is 12.8 Å². The molecule has 5 heteroatoms. The summed E-state index contributed by atoms with van der Waals surface area (Å²) < 4.78 is 0. The first-order valence-corrected chi connectivity index (χ1v) is 9.53. The fourth-order valence-corrected chi connectivity index (χ4v) is 3.86. The minimum atomic E-state index is -0.0643. The molecule has 0 bridgehead atoms. The first kappa shape index (κ1) is 19.6. The Hall–Kier alpha value is -0.770. The number of hydrogen-bond acceptors (Lipinski definition) is 2. The van der Waals surface area contributed by atoms with Crippen LogP contribution in [0.4, 0.5) is 5.69 Å². The van der Waals surface area contributed by atoms with Crippen molar-refractivity contribution >= 4 is 34.8 Å². The van der Waals surface area contributed by atoms with Gasteiger partial charge < -0.3 is 9.80 Å². The highest BCUT2D eigenvalue weighted by Gasteiger charge is 2.35. The number of carbonyl (C=O) groups is 1. The van der Waals surface area contributed by atoms with Crippen LogP contribution in [0.5, 0.6) is 0 Å². The van der Waals surface area contributed by atoms with E-state index in [1.807, 2.05) is 30.9 Å². The Morgan fingerprint density at radius 1 is 1.04 bits per heavy atom. The third-order valence-electron chi connectivity index (χ3n) is 4.85. The molecule has 0 N–H and O–H groups in total. The van der Waals surface area contributed by atoms with Crippen molar-refractivity contribution in [2.45, 2.75) is 58.0 Å². The van der Waals surface area contributed by atoms with Crippen LogP contribution < -0.4 is 4.90 Å². The molecule has 2 unspecified atom stereocenters. The van der Waals surface area contributed by atoms with Crippen LogP contribution in [0.15, 0.2) is 18.2 Å². The smallest absolute Gasteiger partial charge is 0.229 e. The van der Waals surface area contributed by atoms with Crippen LogP contribution in [0.2, 0.25) is 10.0 Å². The highest BCUT2D eigenvalue weighted by Crippen LogP contribution is 2.33. The Balaban J connectivity index is 2.47. The predicted molar refractivity (Wildman–Crippen MR) is 103 cm³/mol. The number of likely N-dealkylation sites (N-methyl/N-ethyl adjacent to an activating group) is 1. The highest BCUT2D eigenvalue weighted by atomic mass is 35.5. The number of carbonyl (C=O) groups excluding carboxylic acids is 1. The standard InChI is InChI=1S/C19H28Cl2N2O/c1-13(2)19(24)23(14-10-11-15(20)16(21)12-14)18-9-7-5-6-8-17(18)22(3)4/h10-13,17-18H,5-9H2,1-4H3. The fourth-order valence-electron chi connectivity index (χ4n) is 3.57. The van der Waals surface area contributed by atoms with E-state index in [2.05, 4.69) is 19.0 Å². The maximum absolute atomic E-state index is 13.1. The molecule has 24 heavy (non-hydrogen) atoms. The van der Waals surface area contributed by atoms with Crippen molar-refractivity contribution in [3.8, 4) is 0 Å². The van der Waals surface area contributed by atoms with Crippen LogP contribution in [0.3, 0.4) is 0 Å². The summed E-state index contributed by atoms with van der Waals surface area (Å²) in [5.41, 5.74) is 0.849. The molecular formula is C19H28Cl2N2O. The van der Waals surface area contributed by atoms with Gasteiger partial charge in [-0.1, -0.05) is 56.3 Å². The number of amides is 1. The minimum Gasteiger partial charge on any atom is -0.308 e. The molecule has 1 aliphatic rings. The van der Waals surface area contributed by atoms with E-state index < -0.39 is 0 Å². The van der Waals surface area contributed by atoms with Gasteiger partial charge in [-0.2, -0.15) is 0 Å². The van der Waals surface area contributed by atoms with Crippen molar-refractivity contribution < 1.29 is 4.79 Å².